The van der Waals surface area contributed by atoms with E-state index in [2.05, 4.69) is 10.6 Å². The molecule has 0 saturated carbocycles. The van der Waals surface area contributed by atoms with Gasteiger partial charge in [0, 0.05) is 38.8 Å². The van der Waals surface area contributed by atoms with Crippen LogP contribution in [0.2, 0.25) is 0 Å². The zero-order valence-corrected chi connectivity index (χ0v) is 11.3. The van der Waals surface area contributed by atoms with Crippen molar-refractivity contribution in [1.29, 1.82) is 0 Å². The maximum Gasteiger partial charge on any atom is 0.316 e. The minimum Gasteiger partial charge on any atom is -0.337 e. The van der Waals surface area contributed by atoms with Crippen LogP contribution in [0.1, 0.15) is 18.5 Å². The van der Waals surface area contributed by atoms with Crippen molar-refractivity contribution in [2.24, 2.45) is 0 Å². The van der Waals surface area contributed by atoms with Gasteiger partial charge in [0.15, 0.2) is 0 Å². The molecule has 106 valence electrons. The van der Waals surface area contributed by atoms with Gasteiger partial charge in [-0.15, -0.1) is 0 Å². The highest BCUT2D eigenvalue weighted by Crippen LogP contribution is 2.17. The van der Waals surface area contributed by atoms with E-state index in [1.807, 2.05) is 0 Å². The molecule has 0 saturated heterocycles. The number of hydrogen-bond donors (Lipinski definition) is 2. The van der Waals surface area contributed by atoms with Crippen LogP contribution in [0.25, 0.3) is 0 Å². The molecule has 1 aromatic carbocycles. The third-order valence-corrected chi connectivity index (χ3v) is 2.68. The van der Waals surface area contributed by atoms with Crippen molar-refractivity contribution < 1.29 is 13.6 Å². The van der Waals surface area contributed by atoms with Crippen LogP contribution in [0, 0.1) is 11.6 Å². The molecule has 0 fully saturated rings. The Balaban J connectivity index is 2.41. The molecule has 0 aliphatic carbocycles. The average molecular weight is 271 g/mol. The number of hydrogen-bond acceptors (Lipinski definition) is 2. The van der Waals surface area contributed by atoms with E-state index < -0.39 is 11.6 Å². The standard InChI is InChI=1S/C13H19F2N3O/c1-9(11-8-10(14)4-5-12(11)15)16-6-7-17-13(19)18(2)3/h4-5,8-9,16H,6-7H2,1-3H3,(H,17,19). The number of amides is 2. The molecule has 1 atom stereocenters. The number of urea groups is 1. The monoisotopic (exact) mass is 271 g/mol. The predicted molar refractivity (Wildman–Crippen MR) is 69.9 cm³/mol. The quantitative estimate of drug-likeness (QED) is 0.803. The third-order valence-electron chi connectivity index (χ3n) is 2.68. The number of nitrogens with one attached hydrogen (secondary N) is 2. The summed E-state index contributed by atoms with van der Waals surface area (Å²) in [7, 11) is 3.29. The first-order valence-corrected chi connectivity index (χ1v) is 6.05. The lowest BCUT2D eigenvalue weighted by Gasteiger charge is -2.16. The highest BCUT2D eigenvalue weighted by Gasteiger charge is 2.11. The van der Waals surface area contributed by atoms with Gasteiger partial charge in [-0.3, -0.25) is 0 Å². The summed E-state index contributed by atoms with van der Waals surface area (Å²) in [6.07, 6.45) is 0. The Kier molecular flexibility index (Phi) is 5.69. The zero-order valence-electron chi connectivity index (χ0n) is 11.3. The molecule has 2 N–H and O–H groups in total. The van der Waals surface area contributed by atoms with Crippen LogP contribution in [0.3, 0.4) is 0 Å². The van der Waals surface area contributed by atoms with E-state index in [9.17, 15) is 13.6 Å². The van der Waals surface area contributed by atoms with Gasteiger partial charge in [0.1, 0.15) is 11.6 Å². The van der Waals surface area contributed by atoms with Crippen molar-refractivity contribution in [1.82, 2.24) is 15.5 Å². The third kappa shape index (κ3) is 4.82. The van der Waals surface area contributed by atoms with Crippen LogP contribution in [0.4, 0.5) is 13.6 Å². The second-order valence-corrected chi connectivity index (χ2v) is 4.47. The van der Waals surface area contributed by atoms with E-state index in [0.717, 1.165) is 12.1 Å². The second kappa shape index (κ2) is 7.04. The molecular formula is C13H19F2N3O. The minimum absolute atomic E-state index is 0.189. The van der Waals surface area contributed by atoms with E-state index in [1.165, 1.54) is 11.0 Å². The first kappa shape index (κ1) is 15.4. The molecule has 1 unspecified atom stereocenters. The van der Waals surface area contributed by atoms with E-state index in [0.29, 0.717) is 13.1 Å². The van der Waals surface area contributed by atoms with Gasteiger partial charge in [-0.25, -0.2) is 13.6 Å². The maximum absolute atomic E-state index is 13.5. The number of rotatable bonds is 5. The van der Waals surface area contributed by atoms with Crippen LogP contribution in [0.15, 0.2) is 18.2 Å². The first-order valence-electron chi connectivity index (χ1n) is 6.05. The summed E-state index contributed by atoms with van der Waals surface area (Å²) in [5, 5.41) is 5.69. The summed E-state index contributed by atoms with van der Waals surface area (Å²) in [5.41, 5.74) is 0.277. The molecule has 0 aliphatic rings. The van der Waals surface area contributed by atoms with Gasteiger partial charge in [0.25, 0.3) is 0 Å². The molecular weight excluding hydrogens is 252 g/mol. The summed E-state index contributed by atoms with van der Waals surface area (Å²) >= 11 is 0. The lowest BCUT2D eigenvalue weighted by Crippen LogP contribution is -2.38. The van der Waals surface area contributed by atoms with Crippen molar-refractivity contribution in [3.63, 3.8) is 0 Å². The molecule has 0 radical (unpaired) electrons. The Bertz CT molecular complexity index is 438. The minimum atomic E-state index is -0.467. The fourth-order valence-corrected chi connectivity index (χ4v) is 1.57. The van der Waals surface area contributed by atoms with Crippen molar-refractivity contribution >= 4 is 6.03 Å². The van der Waals surface area contributed by atoms with Crippen molar-refractivity contribution in [3.8, 4) is 0 Å². The van der Waals surface area contributed by atoms with Gasteiger partial charge in [-0.05, 0) is 25.1 Å². The van der Waals surface area contributed by atoms with Gasteiger partial charge in [0.05, 0.1) is 0 Å². The molecule has 1 rings (SSSR count). The summed E-state index contributed by atoms with van der Waals surface area (Å²) < 4.78 is 26.5. The van der Waals surface area contributed by atoms with E-state index in [-0.39, 0.29) is 17.6 Å². The van der Waals surface area contributed by atoms with Gasteiger partial charge in [-0.1, -0.05) is 0 Å². The van der Waals surface area contributed by atoms with Crippen LogP contribution in [-0.2, 0) is 0 Å². The predicted octanol–water partition coefficient (Wildman–Crippen LogP) is 1.89. The SMILES string of the molecule is CC(NCCNC(=O)N(C)C)c1cc(F)ccc1F. The molecule has 19 heavy (non-hydrogen) atoms. The fourth-order valence-electron chi connectivity index (χ4n) is 1.57. The number of benzene rings is 1. The highest BCUT2D eigenvalue weighted by atomic mass is 19.1. The molecule has 0 aliphatic heterocycles. The molecule has 0 aromatic heterocycles. The number of halogens is 2. The Hall–Kier alpha value is -1.69. The number of carbonyl (C=O) groups excluding carboxylic acids is 1. The van der Waals surface area contributed by atoms with E-state index in [1.54, 1.807) is 21.0 Å². The second-order valence-electron chi connectivity index (χ2n) is 4.47. The van der Waals surface area contributed by atoms with Crippen molar-refractivity contribution in [2.45, 2.75) is 13.0 Å². The van der Waals surface area contributed by atoms with Crippen LogP contribution in [0.5, 0.6) is 0 Å². The Morgan fingerprint density at radius 3 is 2.63 bits per heavy atom. The summed E-state index contributed by atoms with van der Waals surface area (Å²) in [5.74, 6) is -0.912. The maximum atomic E-state index is 13.5. The lowest BCUT2D eigenvalue weighted by atomic mass is 10.1. The molecule has 6 heteroatoms. The Labute approximate surface area is 111 Å². The lowest BCUT2D eigenvalue weighted by molar-refractivity contribution is 0.217. The molecule has 2 amide bonds. The van der Waals surface area contributed by atoms with Crippen LogP contribution < -0.4 is 10.6 Å². The van der Waals surface area contributed by atoms with Gasteiger partial charge >= 0.3 is 6.03 Å². The van der Waals surface area contributed by atoms with Gasteiger partial charge in [-0.2, -0.15) is 0 Å². The first-order chi connectivity index (χ1) is 8.91. The molecule has 0 spiro atoms. The van der Waals surface area contributed by atoms with Crippen molar-refractivity contribution in [2.75, 3.05) is 27.2 Å². The number of nitrogens with zero attached hydrogens (tertiary/aromatic N) is 1. The zero-order chi connectivity index (χ0) is 14.4. The molecule has 0 heterocycles. The van der Waals surface area contributed by atoms with Crippen molar-refractivity contribution in [3.05, 3.63) is 35.4 Å². The number of carbonyl (C=O) groups is 1. The smallest absolute Gasteiger partial charge is 0.316 e. The van der Waals surface area contributed by atoms with Crippen LogP contribution in [-0.4, -0.2) is 38.1 Å². The highest BCUT2D eigenvalue weighted by molar-refractivity contribution is 5.73. The summed E-state index contributed by atoms with van der Waals surface area (Å²) in [4.78, 5) is 12.7. The fraction of sp³-hybridized carbons (Fsp3) is 0.462. The topological polar surface area (TPSA) is 44.4 Å². The largest absolute Gasteiger partial charge is 0.337 e. The molecule has 1 aromatic rings. The average Bonchev–Trinajstić information content (AvgIpc) is 2.36. The Morgan fingerprint density at radius 2 is 2.00 bits per heavy atom. The van der Waals surface area contributed by atoms with Gasteiger partial charge in [0.2, 0.25) is 0 Å². The summed E-state index contributed by atoms with van der Waals surface area (Å²) in [6, 6.07) is 2.85. The summed E-state index contributed by atoms with van der Waals surface area (Å²) in [6.45, 7) is 2.63. The normalized spacial score (nSPS) is 12.1. The molecule has 0 bridgehead atoms. The van der Waals surface area contributed by atoms with Gasteiger partial charge < -0.3 is 15.5 Å². The van der Waals surface area contributed by atoms with E-state index >= 15 is 0 Å². The van der Waals surface area contributed by atoms with E-state index in [4.69, 9.17) is 0 Å². The Morgan fingerprint density at radius 1 is 1.32 bits per heavy atom. The van der Waals surface area contributed by atoms with Crippen LogP contribution >= 0.6 is 0 Å². The molecule has 4 nitrogen and oxygen atoms in total.